The van der Waals surface area contributed by atoms with Crippen LogP contribution in [0.3, 0.4) is 0 Å². The third-order valence-corrected chi connectivity index (χ3v) is 7.56. The molecule has 0 bridgehead atoms. The number of aromatic nitrogens is 1. The first-order chi connectivity index (χ1) is 19.8. The number of rotatable bonds is 8. The number of carbonyl (C=O) groups excluding carboxylic acids is 1. The number of methoxy groups -OCH3 is 2. The van der Waals surface area contributed by atoms with Crippen molar-refractivity contribution in [3.8, 4) is 17.2 Å². The van der Waals surface area contributed by atoms with Crippen molar-refractivity contribution in [2.24, 2.45) is 4.99 Å². The number of allylic oxidation sites excluding steroid dienone is 1. The Morgan fingerprint density at radius 3 is 2.39 bits per heavy atom. The van der Waals surface area contributed by atoms with Crippen molar-refractivity contribution in [3.05, 3.63) is 115 Å². The van der Waals surface area contributed by atoms with Gasteiger partial charge in [0.15, 0.2) is 16.3 Å². The normalized spacial score (nSPS) is 14.9. The molecule has 5 rings (SSSR count). The van der Waals surface area contributed by atoms with E-state index >= 15 is 0 Å². The van der Waals surface area contributed by atoms with Crippen LogP contribution in [-0.4, -0.2) is 30.8 Å². The zero-order chi connectivity index (χ0) is 29.1. The van der Waals surface area contributed by atoms with Gasteiger partial charge in [0.2, 0.25) is 0 Å². The first kappa shape index (κ1) is 27.9. The van der Waals surface area contributed by atoms with E-state index < -0.39 is 6.04 Å². The predicted octanol–water partition coefficient (Wildman–Crippen LogP) is 4.68. The van der Waals surface area contributed by atoms with Gasteiger partial charge in [0, 0.05) is 5.69 Å². The number of fused-ring (bicyclic) bond motifs is 1. The summed E-state index contributed by atoms with van der Waals surface area (Å²) in [4.78, 5) is 32.9. The minimum Gasteiger partial charge on any atom is -0.497 e. The molecule has 9 heteroatoms. The van der Waals surface area contributed by atoms with Crippen molar-refractivity contribution in [1.82, 2.24) is 4.57 Å². The van der Waals surface area contributed by atoms with E-state index in [-0.39, 0.29) is 17.6 Å². The monoisotopic (exact) mass is 569 g/mol. The van der Waals surface area contributed by atoms with E-state index in [0.717, 1.165) is 11.1 Å². The lowest BCUT2D eigenvalue weighted by Gasteiger charge is -2.25. The van der Waals surface area contributed by atoms with Gasteiger partial charge in [-0.3, -0.25) is 14.2 Å². The van der Waals surface area contributed by atoms with Crippen LogP contribution >= 0.6 is 11.3 Å². The number of carbonyl (C=O) groups is 1. The molecule has 1 amide bonds. The number of benzene rings is 3. The quantitative estimate of drug-likeness (QED) is 0.333. The zero-order valence-corrected chi connectivity index (χ0v) is 24.3. The largest absolute Gasteiger partial charge is 0.497 e. The highest BCUT2D eigenvalue weighted by Gasteiger charge is 2.32. The summed E-state index contributed by atoms with van der Waals surface area (Å²) in [7, 11) is 3.18. The summed E-state index contributed by atoms with van der Waals surface area (Å²) in [5.74, 6) is 1.56. The summed E-state index contributed by atoms with van der Waals surface area (Å²) in [5, 5.41) is 2.97. The third-order valence-electron chi connectivity index (χ3n) is 6.58. The van der Waals surface area contributed by atoms with Crippen LogP contribution in [0.5, 0.6) is 17.2 Å². The molecule has 0 aliphatic carbocycles. The first-order valence-corrected chi connectivity index (χ1v) is 14.0. The predicted molar refractivity (Wildman–Crippen MR) is 161 cm³/mol. The Balaban J connectivity index is 1.63. The van der Waals surface area contributed by atoms with Crippen LogP contribution in [0.1, 0.15) is 37.9 Å². The molecule has 0 radical (unpaired) electrons. The Kier molecular flexibility index (Phi) is 8.07. The van der Waals surface area contributed by atoms with Crippen LogP contribution in [0.4, 0.5) is 5.69 Å². The minimum atomic E-state index is -0.681. The molecule has 2 heterocycles. The Morgan fingerprint density at radius 2 is 1.73 bits per heavy atom. The Morgan fingerprint density at radius 1 is 1.00 bits per heavy atom. The Bertz CT molecular complexity index is 1790. The number of para-hydroxylation sites is 1. The van der Waals surface area contributed by atoms with E-state index in [2.05, 4.69) is 5.32 Å². The van der Waals surface area contributed by atoms with Crippen LogP contribution in [-0.2, 0) is 4.79 Å². The van der Waals surface area contributed by atoms with Crippen LogP contribution in [0.25, 0.3) is 6.08 Å². The van der Waals surface area contributed by atoms with Gasteiger partial charge < -0.3 is 19.5 Å². The maximum absolute atomic E-state index is 14.0. The smallest absolute Gasteiger partial charge is 0.271 e. The summed E-state index contributed by atoms with van der Waals surface area (Å²) in [5.41, 5.74) is 2.90. The van der Waals surface area contributed by atoms with Crippen molar-refractivity contribution < 1.29 is 19.0 Å². The summed E-state index contributed by atoms with van der Waals surface area (Å²) < 4.78 is 18.8. The minimum absolute atomic E-state index is 0.00655. The molecule has 0 fully saturated rings. The van der Waals surface area contributed by atoms with E-state index in [9.17, 15) is 9.59 Å². The highest BCUT2D eigenvalue weighted by molar-refractivity contribution is 7.07. The zero-order valence-electron chi connectivity index (χ0n) is 23.5. The fourth-order valence-electron chi connectivity index (χ4n) is 4.71. The van der Waals surface area contributed by atoms with Crippen LogP contribution in [0.15, 0.2) is 93.9 Å². The summed E-state index contributed by atoms with van der Waals surface area (Å²) >= 11 is 1.28. The van der Waals surface area contributed by atoms with Crippen molar-refractivity contribution in [1.29, 1.82) is 0 Å². The summed E-state index contributed by atoms with van der Waals surface area (Å²) in [6, 6.07) is 21.5. The molecule has 0 unspecified atom stereocenters. The maximum atomic E-state index is 14.0. The molecule has 4 aromatic rings. The van der Waals surface area contributed by atoms with Gasteiger partial charge in [-0.1, -0.05) is 47.7 Å². The number of ether oxygens (including phenoxy) is 3. The van der Waals surface area contributed by atoms with Gasteiger partial charge in [-0.15, -0.1) is 0 Å². The van der Waals surface area contributed by atoms with Crippen molar-refractivity contribution in [3.63, 3.8) is 0 Å². The third kappa shape index (κ3) is 5.81. The van der Waals surface area contributed by atoms with E-state index in [4.69, 9.17) is 19.2 Å². The van der Waals surface area contributed by atoms with E-state index in [1.54, 1.807) is 31.8 Å². The van der Waals surface area contributed by atoms with Gasteiger partial charge in [-0.05, 0) is 74.4 Å². The van der Waals surface area contributed by atoms with E-state index in [1.165, 1.54) is 11.3 Å². The number of hydrogen-bond donors (Lipinski definition) is 1. The fraction of sp³-hybridized carbons (Fsp3) is 0.219. The number of amides is 1. The van der Waals surface area contributed by atoms with Gasteiger partial charge in [0.25, 0.3) is 11.5 Å². The molecular formula is C32H31N3O5S. The van der Waals surface area contributed by atoms with Crippen LogP contribution < -0.4 is 34.4 Å². The van der Waals surface area contributed by atoms with Gasteiger partial charge in [-0.25, -0.2) is 4.99 Å². The van der Waals surface area contributed by atoms with E-state index in [0.29, 0.717) is 43.5 Å². The average molecular weight is 570 g/mol. The van der Waals surface area contributed by atoms with Gasteiger partial charge in [-0.2, -0.15) is 0 Å². The molecule has 0 saturated carbocycles. The number of nitrogens with one attached hydrogen (secondary N) is 1. The molecule has 41 heavy (non-hydrogen) atoms. The lowest BCUT2D eigenvalue weighted by molar-refractivity contribution is -0.113. The van der Waals surface area contributed by atoms with Crippen molar-refractivity contribution >= 4 is 29.0 Å². The first-order valence-electron chi connectivity index (χ1n) is 13.2. The van der Waals surface area contributed by atoms with Gasteiger partial charge in [0.1, 0.15) is 5.75 Å². The van der Waals surface area contributed by atoms with Crippen molar-refractivity contribution in [2.75, 3.05) is 19.5 Å². The molecule has 0 saturated heterocycles. The lowest BCUT2D eigenvalue weighted by atomic mass is 9.95. The second kappa shape index (κ2) is 11.9. The molecule has 1 aliphatic rings. The number of hydrogen-bond acceptors (Lipinski definition) is 7. The second-order valence-electron chi connectivity index (χ2n) is 9.75. The van der Waals surface area contributed by atoms with Gasteiger partial charge >= 0.3 is 0 Å². The molecule has 3 aromatic carbocycles. The fourth-order valence-corrected chi connectivity index (χ4v) is 5.76. The molecule has 1 aliphatic heterocycles. The lowest BCUT2D eigenvalue weighted by Crippen LogP contribution is -2.40. The van der Waals surface area contributed by atoms with Crippen LogP contribution in [0.2, 0.25) is 0 Å². The Labute approximate surface area is 241 Å². The Hall–Kier alpha value is -4.63. The molecule has 1 aromatic heterocycles. The number of nitrogens with zero attached hydrogens (tertiary/aromatic N) is 2. The second-order valence-corrected chi connectivity index (χ2v) is 10.8. The number of anilines is 1. The van der Waals surface area contributed by atoms with Crippen LogP contribution in [0, 0.1) is 0 Å². The molecule has 8 nitrogen and oxygen atoms in total. The summed E-state index contributed by atoms with van der Waals surface area (Å²) in [6.45, 7) is 5.69. The molecule has 0 spiro atoms. The highest BCUT2D eigenvalue weighted by atomic mass is 32.1. The maximum Gasteiger partial charge on any atom is 0.271 e. The molecule has 1 N–H and O–H groups in total. The molecular weight excluding hydrogens is 538 g/mol. The highest BCUT2D eigenvalue weighted by Crippen LogP contribution is 2.32. The number of thiazole rings is 1. The topological polar surface area (TPSA) is 91.2 Å². The molecule has 210 valence electrons. The standard InChI is InChI=1S/C32H31N3O5S/c1-19(2)40-25-16-11-21(17-26(25)39-5)18-27-31(37)35-29(22-12-14-24(38-4)15-13-22)28(20(3)33-32(35)41-27)30(36)34-23-9-7-6-8-10-23/h6-19,29H,1-5H3,(H,34,36)/b27-18+/t29-/m0/s1. The average Bonchev–Trinajstić information content (AvgIpc) is 3.27. The van der Waals surface area contributed by atoms with Crippen molar-refractivity contribution in [2.45, 2.75) is 32.9 Å². The molecule has 1 atom stereocenters. The SMILES string of the molecule is COc1ccc([C@H]2C(C(=O)Nc3ccccc3)=C(C)N=c3s/c(=C/c4ccc(OC(C)C)c(OC)c4)c(=O)n32)cc1. The van der Waals surface area contributed by atoms with Gasteiger partial charge in [0.05, 0.1) is 42.2 Å². The van der Waals surface area contributed by atoms with E-state index in [1.807, 2.05) is 86.6 Å². The summed E-state index contributed by atoms with van der Waals surface area (Å²) in [6.07, 6.45) is 1.80.